The van der Waals surface area contributed by atoms with E-state index in [9.17, 15) is 0 Å². The Hall–Kier alpha value is -2.94. The molecule has 3 aromatic heterocycles. The molecule has 0 atom stereocenters. The van der Waals surface area contributed by atoms with Gasteiger partial charge < -0.3 is 21.7 Å². The van der Waals surface area contributed by atoms with E-state index in [1.54, 1.807) is 10.9 Å². The van der Waals surface area contributed by atoms with Crippen molar-refractivity contribution in [2.45, 2.75) is 0 Å². The number of fused-ring (bicyclic) bond motifs is 1. The molecule has 1 saturated heterocycles. The molecule has 0 radical (unpaired) electrons. The van der Waals surface area contributed by atoms with Gasteiger partial charge in [-0.2, -0.15) is 9.67 Å². The predicted octanol–water partition coefficient (Wildman–Crippen LogP) is -0.216. The molecule has 3 aromatic rings. The standard InChI is InChI=1S/C14H17N9/c15-12-10-8-19-14(16)20-13(10)23(21-12)11-2-1-9(7-18-11)22-5-3-17-4-6-22/h1-2,7-8,17H,3-6H2,(H2,15,21)(H2,16,19,20). The molecule has 4 rings (SSSR count). The van der Waals surface area contributed by atoms with Crippen LogP contribution in [0.25, 0.3) is 16.9 Å². The van der Waals surface area contributed by atoms with Crippen molar-refractivity contribution in [1.82, 2.24) is 30.0 Å². The van der Waals surface area contributed by atoms with Crippen LogP contribution in [0.3, 0.4) is 0 Å². The Morgan fingerprint density at radius 1 is 1.04 bits per heavy atom. The van der Waals surface area contributed by atoms with Gasteiger partial charge in [0, 0.05) is 32.4 Å². The molecular formula is C14H17N9. The average Bonchev–Trinajstić information content (AvgIpc) is 2.92. The van der Waals surface area contributed by atoms with Gasteiger partial charge in [-0.15, -0.1) is 5.10 Å². The van der Waals surface area contributed by atoms with Crippen molar-refractivity contribution in [2.75, 3.05) is 42.5 Å². The zero-order chi connectivity index (χ0) is 15.8. The normalized spacial score (nSPS) is 15.2. The Balaban J connectivity index is 1.72. The van der Waals surface area contributed by atoms with Crippen LogP contribution in [0.1, 0.15) is 0 Å². The van der Waals surface area contributed by atoms with Gasteiger partial charge in [0.25, 0.3) is 0 Å². The molecule has 0 aromatic carbocycles. The Bertz CT molecular complexity index is 833. The number of nitrogens with zero attached hydrogens (tertiary/aromatic N) is 6. The molecule has 4 heterocycles. The fourth-order valence-corrected chi connectivity index (χ4v) is 2.71. The summed E-state index contributed by atoms with van der Waals surface area (Å²) >= 11 is 0. The second-order valence-corrected chi connectivity index (χ2v) is 5.37. The lowest BCUT2D eigenvalue weighted by Crippen LogP contribution is -2.43. The SMILES string of the molecule is Nc1ncc2c(N)nn(-c3ccc(N4CCNCC4)cn3)c2n1. The molecule has 5 N–H and O–H groups in total. The predicted molar refractivity (Wildman–Crippen MR) is 88.4 cm³/mol. The molecule has 1 aliphatic heterocycles. The van der Waals surface area contributed by atoms with Gasteiger partial charge >= 0.3 is 0 Å². The maximum atomic E-state index is 5.92. The number of anilines is 3. The first-order valence-electron chi connectivity index (χ1n) is 7.41. The summed E-state index contributed by atoms with van der Waals surface area (Å²) in [5.41, 5.74) is 13.2. The van der Waals surface area contributed by atoms with Crippen LogP contribution in [0.2, 0.25) is 0 Å². The van der Waals surface area contributed by atoms with Crippen LogP contribution in [0.5, 0.6) is 0 Å². The number of aromatic nitrogens is 5. The van der Waals surface area contributed by atoms with E-state index in [1.165, 1.54) is 0 Å². The summed E-state index contributed by atoms with van der Waals surface area (Å²) in [7, 11) is 0. The molecule has 23 heavy (non-hydrogen) atoms. The highest BCUT2D eigenvalue weighted by Gasteiger charge is 2.14. The van der Waals surface area contributed by atoms with Crippen LogP contribution in [0, 0.1) is 0 Å². The largest absolute Gasteiger partial charge is 0.382 e. The summed E-state index contributed by atoms with van der Waals surface area (Å²) in [5.74, 6) is 1.17. The zero-order valence-electron chi connectivity index (χ0n) is 12.5. The summed E-state index contributed by atoms with van der Waals surface area (Å²) in [4.78, 5) is 15.0. The number of nitrogen functional groups attached to an aromatic ring is 2. The average molecular weight is 311 g/mol. The summed E-state index contributed by atoms with van der Waals surface area (Å²) in [5, 5.41) is 8.29. The zero-order valence-corrected chi connectivity index (χ0v) is 12.5. The van der Waals surface area contributed by atoms with Crippen molar-refractivity contribution in [3.05, 3.63) is 24.5 Å². The highest BCUT2D eigenvalue weighted by atomic mass is 15.4. The second kappa shape index (κ2) is 5.36. The summed E-state index contributed by atoms with van der Waals surface area (Å²) in [6.45, 7) is 3.92. The number of nitrogens with one attached hydrogen (secondary N) is 1. The second-order valence-electron chi connectivity index (χ2n) is 5.37. The summed E-state index contributed by atoms with van der Waals surface area (Å²) in [6, 6.07) is 3.93. The number of nitrogens with two attached hydrogens (primary N) is 2. The van der Waals surface area contributed by atoms with Gasteiger partial charge in [0.1, 0.15) is 0 Å². The monoisotopic (exact) mass is 311 g/mol. The third-order valence-corrected chi connectivity index (χ3v) is 3.90. The molecule has 9 heteroatoms. The van der Waals surface area contributed by atoms with Gasteiger partial charge in [0.15, 0.2) is 17.3 Å². The van der Waals surface area contributed by atoms with E-state index in [-0.39, 0.29) is 5.95 Å². The minimum atomic E-state index is 0.177. The Kier molecular flexibility index (Phi) is 3.19. The lowest BCUT2D eigenvalue weighted by Gasteiger charge is -2.29. The Labute approximate surface area is 132 Å². The van der Waals surface area contributed by atoms with Crippen LogP contribution in [-0.2, 0) is 0 Å². The molecule has 0 amide bonds. The fourth-order valence-electron chi connectivity index (χ4n) is 2.71. The molecule has 0 bridgehead atoms. The lowest BCUT2D eigenvalue weighted by atomic mass is 10.3. The van der Waals surface area contributed by atoms with E-state index in [0.717, 1.165) is 31.9 Å². The number of hydrogen-bond acceptors (Lipinski definition) is 8. The third kappa shape index (κ3) is 2.40. The van der Waals surface area contributed by atoms with Crippen LogP contribution >= 0.6 is 0 Å². The number of pyridine rings is 1. The van der Waals surface area contributed by atoms with Crippen LogP contribution in [0.15, 0.2) is 24.5 Å². The van der Waals surface area contributed by atoms with Crippen LogP contribution in [-0.4, -0.2) is 50.9 Å². The van der Waals surface area contributed by atoms with Crippen molar-refractivity contribution >= 4 is 28.5 Å². The molecule has 0 saturated carbocycles. The van der Waals surface area contributed by atoms with Gasteiger partial charge in [-0.05, 0) is 12.1 Å². The van der Waals surface area contributed by atoms with Crippen LogP contribution < -0.4 is 21.7 Å². The van der Waals surface area contributed by atoms with E-state index >= 15 is 0 Å². The minimum absolute atomic E-state index is 0.177. The quantitative estimate of drug-likeness (QED) is 0.593. The topological polar surface area (TPSA) is 124 Å². The molecule has 1 fully saturated rings. The van der Waals surface area contributed by atoms with Gasteiger partial charge in [0.05, 0.1) is 17.3 Å². The first-order valence-corrected chi connectivity index (χ1v) is 7.41. The van der Waals surface area contributed by atoms with E-state index in [1.807, 2.05) is 18.3 Å². The maximum Gasteiger partial charge on any atom is 0.222 e. The molecule has 9 nitrogen and oxygen atoms in total. The van der Waals surface area contributed by atoms with Gasteiger partial charge in [-0.1, -0.05) is 0 Å². The minimum Gasteiger partial charge on any atom is -0.382 e. The van der Waals surface area contributed by atoms with E-state index in [0.29, 0.717) is 22.7 Å². The Morgan fingerprint density at radius 3 is 2.61 bits per heavy atom. The molecule has 1 aliphatic rings. The molecule has 118 valence electrons. The van der Waals surface area contributed by atoms with Crippen molar-refractivity contribution in [3.63, 3.8) is 0 Å². The first-order chi connectivity index (χ1) is 11.2. The lowest BCUT2D eigenvalue weighted by molar-refractivity contribution is 0.588. The van der Waals surface area contributed by atoms with Gasteiger partial charge in [-0.25, -0.2) is 9.97 Å². The van der Waals surface area contributed by atoms with Crippen molar-refractivity contribution in [3.8, 4) is 5.82 Å². The van der Waals surface area contributed by atoms with E-state index in [4.69, 9.17) is 11.5 Å². The maximum absolute atomic E-state index is 5.92. The molecule has 0 spiro atoms. The molecular weight excluding hydrogens is 294 g/mol. The highest BCUT2D eigenvalue weighted by Crippen LogP contribution is 2.22. The first kappa shape index (κ1) is 13.7. The Morgan fingerprint density at radius 2 is 1.87 bits per heavy atom. The molecule has 0 unspecified atom stereocenters. The van der Waals surface area contributed by atoms with Crippen molar-refractivity contribution < 1.29 is 0 Å². The van der Waals surface area contributed by atoms with Crippen LogP contribution in [0.4, 0.5) is 17.5 Å². The third-order valence-electron chi connectivity index (χ3n) is 3.90. The summed E-state index contributed by atoms with van der Waals surface area (Å²) < 4.78 is 1.59. The highest BCUT2D eigenvalue weighted by molar-refractivity contribution is 5.87. The number of piperazine rings is 1. The van der Waals surface area contributed by atoms with E-state index in [2.05, 4.69) is 30.3 Å². The van der Waals surface area contributed by atoms with Crippen molar-refractivity contribution in [1.29, 1.82) is 0 Å². The van der Waals surface area contributed by atoms with Gasteiger partial charge in [-0.3, -0.25) is 0 Å². The fraction of sp³-hybridized carbons (Fsp3) is 0.286. The smallest absolute Gasteiger partial charge is 0.222 e. The van der Waals surface area contributed by atoms with Crippen molar-refractivity contribution in [2.24, 2.45) is 0 Å². The van der Waals surface area contributed by atoms with E-state index < -0.39 is 0 Å². The number of hydrogen-bond donors (Lipinski definition) is 3. The summed E-state index contributed by atoms with van der Waals surface area (Å²) in [6.07, 6.45) is 3.42. The number of rotatable bonds is 2. The van der Waals surface area contributed by atoms with Gasteiger partial charge in [0.2, 0.25) is 5.95 Å². The molecule has 0 aliphatic carbocycles.